The fourth-order valence-electron chi connectivity index (χ4n) is 1.54. The second kappa shape index (κ2) is 6.35. The van der Waals surface area contributed by atoms with Crippen LogP contribution in [0.5, 0.6) is 5.75 Å². The number of nitrogens with zero attached hydrogens (tertiary/aromatic N) is 1. The number of methoxy groups -OCH3 is 1. The van der Waals surface area contributed by atoms with E-state index in [1.807, 2.05) is 30.3 Å². The molecule has 0 unspecified atom stereocenters. The van der Waals surface area contributed by atoms with E-state index in [1.165, 1.54) is 0 Å². The van der Waals surface area contributed by atoms with Gasteiger partial charge >= 0.3 is 0 Å². The summed E-state index contributed by atoms with van der Waals surface area (Å²) in [7, 11) is 1.60. The lowest BCUT2D eigenvalue weighted by molar-refractivity contribution is 0.0955. The molecular weight excluding hydrogens is 240 g/mol. The molecule has 1 amide bonds. The summed E-state index contributed by atoms with van der Waals surface area (Å²) >= 11 is 0. The predicted molar refractivity (Wildman–Crippen MR) is 74.5 cm³/mol. The van der Waals surface area contributed by atoms with E-state index in [4.69, 9.17) is 4.74 Å². The van der Waals surface area contributed by atoms with Crippen LogP contribution in [-0.2, 0) is 0 Å². The Morgan fingerprint density at radius 3 is 2.68 bits per heavy atom. The first-order valence-electron chi connectivity index (χ1n) is 5.82. The first-order valence-corrected chi connectivity index (χ1v) is 5.82. The van der Waals surface area contributed by atoms with Crippen molar-refractivity contribution in [3.05, 3.63) is 65.7 Å². The highest BCUT2D eigenvalue weighted by Crippen LogP contribution is 2.10. The van der Waals surface area contributed by atoms with Gasteiger partial charge < -0.3 is 4.74 Å². The van der Waals surface area contributed by atoms with Gasteiger partial charge in [0.15, 0.2) is 0 Å². The van der Waals surface area contributed by atoms with Crippen molar-refractivity contribution >= 4 is 12.1 Å². The van der Waals surface area contributed by atoms with E-state index in [0.29, 0.717) is 5.56 Å². The molecule has 4 nitrogen and oxygen atoms in total. The maximum atomic E-state index is 11.7. The number of ether oxygens (including phenoxy) is 1. The molecule has 0 aliphatic rings. The van der Waals surface area contributed by atoms with E-state index in [0.717, 1.165) is 11.3 Å². The van der Waals surface area contributed by atoms with Gasteiger partial charge in [-0.2, -0.15) is 5.10 Å². The molecule has 0 aliphatic heterocycles. The van der Waals surface area contributed by atoms with E-state index >= 15 is 0 Å². The third-order valence-electron chi connectivity index (χ3n) is 2.51. The van der Waals surface area contributed by atoms with E-state index in [1.54, 1.807) is 37.6 Å². The van der Waals surface area contributed by atoms with E-state index < -0.39 is 0 Å². The molecule has 0 saturated carbocycles. The Labute approximate surface area is 111 Å². The Morgan fingerprint density at radius 1 is 1.16 bits per heavy atom. The molecule has 0 heterocycles. The number of hydrazone groups is 1. The SMILES string of the molecule is COc1cccc(C=NNC(=O)c2ccccc2)c1. The van der Waals surface area contributed by atoms with Crippen LogP contribution in [0.3, 0.4) is 0 Å². The molecule has 0 fully saturated rings. The highest BCUT2D eigenvalue weighted by Gasteiger charge is 2.01. The average molecular weight is 254 g/mol. The van der Waals surface area contributed by atoms with Crippen molar-refractivity contribution in [2.45, 2.75) is 0 Å². The molecule has 0 aromatic heterocycles. The second-order valence-electron chi connectivity index (χ2n) is 3.84. The van der Waals surface area contributed by atoms with Crippen molar-refractivity contribution in [3.63, 3.8) is 0 Å². The Balaban J connectivity index is 1.98. The highest BCUT2D eigenvalue weighted by molar-refractivity contribution is 5.94. The third kappa shape index (κ3) is 3.67. The van der Waals surface area contributed by atoms with Crippen LogP contribution in [0.4, 0.5) is 0 Å². The number of carbonyl (C=O) groups excluding carboxylic acids is 1. The Hall–Kier alpha value is -2.62. The van der Waals surface area contributed by atoms with E-state index in [2.05, 4.69) is 10.5 Å². The van der Waals surface area contributed by atoms with Crippen LogP contribution in [0.25, 0.3) is 0 Å². The quantitative estimate of drug-likeness (QED) is 0.673. The van der Waals surface area contributed by atoms with Crippen molar-refractivity contribution < 1.29 is 9.53 Å². The van der Waals surface area contributed by atoms with Gasteiger partial charge in [0.1, 0.15) is 5.75 Å². The van der Waals surface area contributed by atoms with Crippen LogP contribution in [0, 0.1) is 0 Å². The number of carbonyl (C=O) groups is 1. The first kappa shape index (κ1) is 12.8. The monoisotopic (exact) mass is 254 g/mol. The second-order valence-corrected chi connectivity index (χ2v) is 3.84. The zero-order valence-corrected chi connectivity index (χ0v) is 10.5. The topological polar surface area (TPSA) is 50.7 Å². The van der Waals surface area contributed by atoms with Gasteiger partial charge in [-0.1, -0.05) is 30.3 Å². The van der Waals surface area contributed by atoms with Gasteiger partial charge in [-0.25, -0.2) is 5.43 Å². The molecule has 2 rings (SSSR count). The van der Waals surface area contributed by atoms with Crippen LogP contribution in [0.15, 0.2) is 59.7 Å². The smallest absolute Gasteiger partial charge is 0.271 e. The fourth-order valence-corrected chi connectivity index (χ4v) is 1.54. The van der Waals surface area contributed by atoms with Gasteiger partial charge in [-0.05, 0) is 29.8 Å². The zero-order chi connectivity index (χ0) is 13.5. The molecular formula is C15H14N2O2. The third-order valence-corrected chi connectivity index (χ3v) is 2.51. The molecule has 4 heteroatoms. The summed E-state index contributed by atoms with van der Waals surface area (Å²) in [5, 5.41) is 3.91. The summed E-state index contributed by atoms with van der Waals surface area (Å²) in [6, 6.07) is 16.3. The van der Waals surface area contributed by atoms with Crippen molar-refractivity contribution in [1.82, 2.24) is 5.43 Å². The lowest BCUT2D eigenvalue weighted by atomic mass is 10.2. The summed E-state index contributed by atoms with van der Waals surface area (Å²) in [4.78, 5) is 11.7. The van der Waals surface area contributed by atoms with Gasteiger partial charge in [0.25, 0.3) is 5.91 Å². The fraction of sp³-hybridized carbons (Fsp3) is 0.0667. The van der Waals surface area contributed by atoms with Crippen LogP contribution >= 0.6 is 0 Å². The van der Waals surface area contributed by atoms with Gasteiger partial charge in [0.2, 0.25) is 0 Å². The standard InChI is InChI=1S/C15H14N2O2/c1-19-14-9-5-6-12(10-14)11-16-17-15(18)13-7-3-2-4-8-13/h2-11H,1H3,(H,17,18). The molecule has 0 saturated heterocycles. The lowest BCUT2D eigenvalue weighted by Gasteiger charge is -2.00. The molecule has 2 aromatic carbocycles. The number of hydrogen-bond acceptors (Lipinski definition) is 3. The normalized spacial score (nSPS) is 10.4. The largest absolute Gasteiger partial charge is 0.497 e. The zero-order valence-electron chi connectivity index (χ0n) is 10.5. The number of hydrogen-bond donors (Lipinski definition) is 1. The summed E-state index contributed by atoms with van der Waals surface area (Å²) in [6.45, 7) is 0. The Bertz CT molecular complexity index is 580. The van der Waals surface area contributed by atoms with Crippen molar-refractivity contribution in [2.24, 2.45) is 5.10 Å². The van der Waals surface area contributed by atoms with E-state index in [9.17, 15) is 4.79 Å². The maximum absolute atomic E-state index is 11.7. The van der Waals surface area contributed by atoms with Crippen molar-refractivity contribution in [3.8, 4) is 5.75 Å². The summed E-state index contributed by atoms with van der Waals surface area (Å²) in [6.07, 6.45) is 1.57. The van der Waals surface area contributed by atoms with Gasteiger partial charge in [0, 0.05) is 5.56 Å². The predicted octanol–water partition coefficient (Wildman–Crippen LogP) is 2.46. The minimum atomic E-state index is -0.236. The summed E-state index contributed by atoms with van der Waals surface area (Å²) in [5.41, 5.74) is 3.90. The number of amides is 1. The minimum Gasteiger partial charge on any atom is -0.497 e. The van der Waals surface area contributed by atoms with Crippen LogP contribution in [0.2, 0.25) is 0 Å². The minimum absolute atomic E-state index is 0.236. The summed E-state index contributed by atoms with van der Waals surface area (Å²) in [5.74, 6) is 0.512. The van der Waals surface area contributed by atoms with Gasteiger partial charge in [0.05, 0.1) is 13.3 Å². The number of rotatable bonds is 4. The lowest BCUT2D eigenvalue weighted by Crippen LogP contribution is -2.17. The average Bonchev–Trinajstić information content (AvgIpc) is 2.48. The van der Waals surface area contributed by atoms with Crippen LogP contribution in [-0.4, -0.2) is 19.2 Å². The van der Waals surface area contributed by atoms with E-state index in [-0.39, 0.29) is 5.91 Å². The van der Waals surface area contributed by atoms with Crippen LogP contribution in [0.1, 0.15) is 15.9 Å². The molecule has 0 radical (unpaired) electrons. The van der Waals surface area contributed by atoms with Crippen molar-refractivity contribution in [2.75, 3.05) is 7.11 Å². The molecule has 1 N–H and O–H groups in total. The Morgan fingerprint density at radius 2 is 1.95 bits per heavy atom. The first-order chi connectivity index (χ1) is 9.29. The number of benzene rings is 2. The molecule has 0 spiro atoms. The Kier molecular flexibility index (Phi) is 4.29. The molecule has 19 heavy (non-hydrogen) atoms. The molecule has 0 aliphatic carbocycles. The highest BCUT2D eigenvalue weighted by atomic mass is 16.5. The summed E-state index contributed by atoms with van der Waals surface area (Å²) < 4.78 is 5.10. The molecule has 2 aromatic rings. The molecule has 96 valence electrons. The van der Waals surface area contributed by atoms with Gasteiger partial charge in [-0.15, -0.1) is 0 Å². The van der Waals surface area contributed by atoms with Gasteiger partial charge in [-0.3, -0.25) is 4.79 Å². The maximum Gasteiger partial charge on any atom is 0.271 e. The molecule has 0 atom stereocenters. The van der Waals surface area contributed by atoms with Crippen molar-refractivity contribution in [1.29, 1.82) is 0 Å². The number of nitrogens with one attached hydrogen (secondary N) is 1. The molecule has 0 bridgehead atoms. The van der Waals surface area contributed by atoms with Crippen LogP contribution < -0.4 is 10.2 Å².